The van der Waals surface area contributed by atoms with Gasteiger partial charge in [-0.3, -0.25) is 0 Å². The van der Waals surface area contributed by atoms with Crippen LogP contribution in [-0.4, -0.2) is 19.3 Å². The van der Waals surface area contributed by atoms with Crippen molar-refractivity contribution in [2.24, 2.45) is 5.41 Å². The van der Waals surface area contributed by atoms with Crippen LogP contribution in [0.4, 0.5) is 0 Å². The first-order valence-electron chi connectivity index (χ1n) is 6.31. The Labute approximate surface area is 104 Å². The molecule has 0 spiro atoms. The van der Waals surface area contributed by atoms with E-state index >= 15 is 0 Å². The van der Waals surface area contributed by atoms with Crippen molar-refractivity contribution in [3.8, 4) is 5.75 Å². The van der Waals surface area contributed by atoms with Gasteiger partial charge in [0, 0.05) is 0 Å². The Kier molecular flexibility index (Phi) is 3.43. The van der Waals surface area contributed by atoms with E-state index in [-0.39, 0.29) is 0 Å². The zero-order valence-electron chi connectivity index (χ0n) is 11.2. The fourth-order valence-corrected chi connectivity index (χ4v) is 1.71. The maximum atomic E-state index is 5.63. The first-order chi connectivity index (χ1) is 7.97. The van der Waals surface area contributed by atoms with Gasteiger partial charge in [0.05, 0.1) is 6.61 Å². The Balaban J connectivity index is 1.96. The molecule has 2 rings (SSSR count). The predicted molar refractivity (Wildman–Crippen MR) is 69.5 cm³/mol. The molecule has 0 N–H and O–H groups in total. The molecule has 0 radical (unpaired) electrons. The highest BCUT2D eigenvalue weighted by atomic mass is 16.6. The molecule has 0 aromatic heterocycles. The van der Waals surface area contributed by atoms with Crippen LogP contribution >= 0.6 is 0 Å². The standard InChI is InChI=1S/C15H22O2/c1-11(15(2,3)4)12-5-7-13(8-6-12)16-9-14-10-17-14/h5-8,11,14H,9-10H2,1-4H3. The smallest absolute Gasteiger partial charge is 0.119 e. The number of epoxide rings is 1. The van der Waals surface area contributed by atoms with Gasteiger partial charge in [0.15, 0.2) is 0 Å². The topological polar surface area (TPSA) is 21.8 Å². The molecular formula is C15H22O2. The Hall–Kier alpha value is -1.02. The van der Waals surface area contributed by atoms with E-state index in [1.165, 1.54) is 5.56 Å². The van der Waals surface area contributed by atoms with Gasteiger partial charge in [0.1, 0.15) is 18.5 Å². The summed E-state index contributed by atoms with van der Waals surface area (Å²) in [7, 11) is 0. The molecular weight excluding hydrogens is 212 g/mol. The van der Waals surface area contributed by atoms with E-state index in [1.54, 1.807) is 0 Å². The summed E-state index contributed by atoms with van der Waals surface area (Å²) in [5.41, 5.74) is 1.66. The summed E-state index contributed by atoms with van der Waals surface area (Å²) < 4.78 is 10.7. The second kappa shape index (κ2) is 4.69. The summed E-state index contributed by atoms with van der Waals surface area (Å²) in [6.07, 6.45) is 0.322. The highest BCUT2D eigenvalue weighted by Gasteiger charge is 2.23. The van der Waals surface area contributed by atoms with E-state index in [2.05, 4.69) is 52.0 Å². The molecule has 2 unspecified atom stereocenters. The van der Waals surface area contributed by atoms with E-state index in [0.717, 1.165) is 12.4 Å². The maximum absolute atomic E-state index is 5.63. The third kappa shape index (κ3) is 3.47. The van der Waals surface area contributed by atoms with E-state index in [9.17, 15) is 0 Å². The fourth-order valence-electron chi connectivity index (χ4n) is 1.71. The third-order valence-corrected chi connectivity index (χ3v) is 3.52. The average Bonchev–Trinajstić information content (AvgIpc) is 3.09. The Morgan fingerprint density at radius 2 is 1.88 bits per heavy atom. The van der Waals surface area contributed by atoms with Crippen LogP contribution in [-0.2, 0) is 4.74 Å². The molecule has 2 nitrogen and oxygen atoms in total. The monoisotopic (exact) mass is 234 g/mol. The Morgan fingerprint density at radius 1 is 1.29 bits per heavy atom. The minimum absolute atomic E-state index is 0.296. The molecule has 1 aromatic carbocycles. The van der Waals surface area contributed by atoms with Crippen molar-refractivity contribution in [3.05, 3.63) is 29.8 Å². The van der Waals surface area contributed by atoms with Gasteiger partial charge >= 0.3 is 0 Å². The van der Waals surface area contributed by atoms with E-state index < -0.39 is 0 Å². The van der Waals surface area contributed by atoms with Crippen molar-refractivity contribution >= 4 is 0 Å². The quantitative estimate of drug-likeness (QED) is 0.742. The maximum Gasteiger partial charge on any atom is 0.119 e. The van der Waals surface area contributed by atoms with Crippen LogP contribution in [0.5, 0.6) is 5.75 Å². The van der Waals surface area contributed by atoms with E-state index in [4.69, 9.17) is 9.47 Å². The minimum atomic E-state index is 0.296. The van der Waals surface area contributed by atoms with Gasteiger partial charge in [0.2, 0.25) is 0 Å². The number of hydrogen-bond acceptors (Lipinski definition) is 2. The van der Waals surface area contributed by atoms with Gasteiger partial charge < -0.3 is 9.47 Å². The third-order valence-electron chi connectivity index (χ3n) is 3.52. The molecule has 1 aliphatic rings. The zero-order chi connectivity index (χ0) is 12.5. The minimum Gasteiger partial charge on any atom is -0.491 e. The van der Waals surface area contributed by atoms with Crippen LogP contribution < -0.4 is 4.74 Å². The largest absolute Gasteiger partial charge is 0.491 e. The fraction of sp³-hybridized carbons (Fsp3) is 0.600. The highest BCUT2D eigenvalue weighted by Crippen LogP contribution is 2.34. The summed E-state index contributed by atoms with van der Waals surface area (Å²) in [6.45, 7) is 10.6. The van der Waals surface area contributed by atoms with Gasteiger partial charge in [-0.1, -0.05) is 39.8 Å². The van der Waals surface area contributed by atoms with Crippen LogP contribution in [0.1, 0.15) is 39.2 Å². The number of benzene rings is 1. The molecule has 1 heterocycles. The number of rotatable bonds is 4. The van der Waals surface area contributed by atoms with Gasteiger partial charge in [0.25, 0.3) is 0 Å². The number of ether oxygens (including phenoxy) is 2. The van der Waals surface area contributed by atoms with Crippen molar-refractivity contribution in [1.82, 2.24) is 0 Å². The lowest BCUT2D eigenvalue weighted by Crippen LogP contribution is -2.15. The SMILES string of the molecule is CC(c1ccc(OCC2CO2)cc1)C(C)(C)C. The van der Waals surface area contributed by atoms with Crippen molar-refractivity contribution in [1.29, 1.82) is 0 Å². The molecule has 0 amide bonds. The van der Waals surface area contributed by atoms with Crippen LogP contribution in [0.15, 0.2) is 24.3 Å². The second-order valence-corrected chi connectivity index (χ2v) is 5.92. The Morgan fingerprint density at radius 3 is 2.35 bits per heavy atom. The molecule has 1 aromatic rings. The molecule has 1 saturated heterocycles. The summed E-state index contributed by atoms with van der Waals surface area (Å²) in [4.78, 5) is 0. The lowest BCUT2D eigenvalue weighted by molar-refractivity contribution is 0.263. The molecule has 0 aliphatic carbocycles. The van der Waals surface area contributed by atoms with Gasteiger partial charge in [-0.05, 0) is 29.0 Å². The molecule has 0 bridgehead atoms. The van der Waals surface area contributed by atoms with Crippen molar-refractivity contribution < 1.29 is 9.47 Å². The first kappa shape index (κ1) is 12.4. The highest BCUT2D eigenvalue weighted by molar-refractivity contribution is 5.30. The summed E-state index contributed by atoms with van der Waals surface area (Å²) in [6, 6.07) is 8.44. The van der Waals surface area contributed by atoms with Gasteiger partial charge in [-0.25, -0.2) is 0 Å². The van der Waals surface area contributed by atoms with E-state index in [1.807, 2.05) is 0 Å². The van der Waals surface area contributed by atoms with Crippen molar-refractivity contribution in [2.45, 2.75) is 39.7 Å². The first-order valence-corrected chi connectivity index (χ1v) is 6.31. The summed E-state index contributed by atoms with van der Waals surface area (Å²) in [5, 5.41) is 0. The van der Waals surface area contributed by atoms with Crippen molar-refractivity contribution in [2.75, 3.05) is 13.2 Å². The molecule has 2 heteroatoms. The predicted octanol–water partition coefficient (Wildman–Crippen LogP) is 3.61. The molecule has 94 valence electrons. The summed E-state index contributed by atoms with van der Waals surface area (Å²) >= 11 is 0. The van der Waals surface area contributed by atoms with Gasteiger partial charge in [-0.15, -0.1) is 0 Å². The lowest BCUT2D eigenvalue weighted by atomic mass is 9.78. The van der Waals surface area contributed by atoms with Crippen molar-refractivity contribution in [3.63, 3.8) is 0 Å². The average molecular weight is 234 g/mol. The zero-order valence-corrected chi connectivity index (χ0v) is 11.2. The molecule has 17 heavy (non-hydrogen) atoms. The molecule has 1 fully saturated rings. The van der Waals surface area contributed by atoms with Crippen LogP contribution in [0.25, 0.3) is 0 Å². The van der Waals surface area contributed by atoms with Crippen LogP contribution in [0.3, 0.4) is 0 Å². The van der Waals surface area contributed by atoms with Gasteiger partial charge in [-0.2, -0.15) is 0 Å². The Bertz CT molecular complexity index is 358. The molecule has 0 saturated carbocycles. The summed E-state index contributed by atoms with van der Waals surface area (Å²) in [5.74, 6) is 1.48. The van der Waals surface area contributed by atoms with E-state index in [0.29, 0.717) is 24.0 Å². The van der Waals surface area contributed by atoms with Crippen LogP contribution in [0.2, 0.25) is 0 Å². The number of hydrogen-bond donors (Lipinski definition) is 0. The lowest BCUT2D eigenvalue weighted by Gasteiger charge is -2.27. The normalized spacial score (nSPS) is 21.1. The second-order valence-electron chi connectivity index (χ2n) is 5.92. The molecule has 1 aliphatic heterocycles. The van der Waals surface area contributed by atoms with Crippen LogP contribution in [0, 0.1) is 5.41 Å². The molecule has 2 atom stereocenters.